The van der Waals surface area contributed by atoms with Crippen molar-refractivity contribution in [2.24, 2.45) is 11.7 Å². The molecule has 0 unspecified atom stereocenters. The second kappa shape index (κ2) is 5.35. The quantitative estimate of drug-likeness (QED) is 0.483. The van der Waals surface area contributed by atoms with Gasteiger partial charge in [-0.2, -0.15) is 0 Å². The number of nitrogens with zero attached hydrogens (tertiary/aromatic N) is 1. The van der Waals surface area contributed by atoms with Crippen LogP contribution in [-0.4, -0.2) is 29.9 Å². The lowest BCUT2D eigenvalue weighted by Gasteiger charge is -2.22. The first-order valence-corrected chi connectivity index (χ1v) is 5.66. The Hall–Kier alpha value is -0.570. The number of nitrogens with one attached hydrogen (secondary N) is 1. The van der Waals surface area contributed by atoms with Gasteiger partial charge in [-0.1, -0.05) is 13.8 Å². The van der Waals surface area contributed by atoms with E-state index >= 15 is 0 Å². The molecule has 1 rings (SSSR count). The van der Waals surface area contributed by atoms with Gasteiger partial charge in [0, 0.05) is 19.0 Å². The second-order valence-corrected chi connectivity index (χ2v) is 4.72. The maximum atomic E-state index is 7.22. The van der Waals surface area contributed by atoms with Crippen molar-refractivity contribution in [3.63, 3.8) is 0 Å². The maximum absolute atomic E-state index is 7.22. The first-order valence-electron chi connectivity index (χ1n) is 5.66. The van der Waals surface area contributed by atoms with Gasteiger partial charge in [-0.15, -0.1) is 0 Å². The molecular weight excluding hydrogens is 174 g/mol. The van der Waals surface area contributed by atoms with Crippen molar-refractivity contribution in [1.82, 2.24) is 4.90 Å². The Bertz CT molecular complexity index is 185. The normalized spacial score (nSPS) is 16.6. The lowest BCUT2D eigenvalue weighted by atomic mass is 10.1. The van der Waals surface area contributed by atoms with Crippen LogP contribution in [0.25, 0.3) is 0 Å². The maximum Gasteiger partial charge on any atom is 0.0918 e. The van der Waals surface area contributed by atoms with E-state index in [4.69, 9.17) is 11.1 Å². The Labute approximate surface area is 87.2 Å². The Kier molecular flexibility index (Phi) is 4.39. The van der Waals surface area contributed by atoms with Crippen molar-refractivity contribution >= 4 is 5.84 Å². The minimum atomic E-state index is 0.320. The Morgan fingerprint density at radius 2 is 2.07 bits per heavy atom. The lowest BCUT2D eigenvalue weighted by molar-refractivity contribution is 0.254. The zero-order valence-electron chi connectivity index (χ0n) is 9.42. The van der Waals surface area contributed by atoms with E-state index in [-0.39, 0.29) is 0 Å². The molecule has 0 amide bonds. The van der Waals surface area contributed by atoms with E-state index in [1.807, 2.05) is 0 Å². The summed E-state index contributed by atoms with van der Waals surface area (Å²) in [6.07, 6.45) is 4.68. The number of hydrogen-bond acceptors (Lipinski definition) is 2. The summed E-state index contributed by atoms with van der Waals surface area (Å²) in [4.78, 5) is 2.50. The molecule has 82 valence electrons. The molecule has 3 nitrogen and oxygen atoms in total. The number of hydrogen-bond donors (Lipinski definition) is 2. The average molecular weight is 197 g/mol. The van der Waals surface area contributed by atoms with Gasteiger partial charge in [0.1, 0.15) is 0 Å². The summed E-state index contributed by atoms with van der Waals surface area (Å²) in [5.41, 5.74) is 5.37. The minimum Gasteiger partial charge on any atom is -0.388 e. The highest BCUT2D eigenvalue weighted by Gasteiger charge is 2.28. The van der Waals surface area contributed by atoms with Crippen molar-refractivity contribution in [2.45, 2.75) is 45.6 Å². The van der Waals surface area contributed by atoms with Crippen LogP contribution in [0.15, 0.2) is 0 Å². The molecule has 3 heteroatoms. The second-order valence-electron chi connectivity index (χ2n) is 4.72. The molecule has 3 N–H and O–H groups in total. The summed E-state index contributed by atoms with van der Waals surface area (Å²) >= 11 is 0. The fourth-order valence-corrected chi connectivity index (χ4v) is 1.60. The predicted octanol–water partition coefficient (Wildman–Crippen LogP) is 1.82. The summed E-state index contributed by atoms with van der Waals surface area (Å²) in [7, 11) is 0. The summed E-state index contributed by atoms with van der Waals surface area (Å²) in [5.74, 6) is 1.09. The summed E-state index contributed by atoms with van der Waals surface area (Å²) in [6, 6.07) is 0.799. The Morgan fingerprint density at radius 3 is 2.50 bits per heavy atom. The van der Waals surface area contributed by atoms with Gasteiger partial charge in [0.25, 0.3) is 0 Å². The van der Waals surface area contributed by atoms with Crippen LogP contribution in [0.4, 0.5) is 0 Å². The van der Waals surface area contributed by atoms with Gasteiger partial charge in [0.15, 0.2) is 0 Å². The van der Waals surface area contributed by atoms with Crippen LogP contribution < -0.4 is 5.73 Å². The van der Waals surface area contributed by atoms with Crippen molar-refractivity contribution in [3.05, 3.63) is 0 Å². The van der Waals surface area contributed by atoms with E-state index in [1.165, 1.54) is 25.8 Å². The van der Waals surface area contributed by atoms with E-state index in [9.17, 15) is 0 Å². The van der Waals surface area contributed by atoms with Gasteiger partial charge in [-0.25, -0.2) is 0 Å². The van der Waals surface area contributed by atoms with Crippen LogP contribution in [-0.2, 0) is 0 Å². The molecule has 1 aliphatic rings. The molecule has 0 aromatic carbocycles. The molecule has 0 aromatic heterocycles. The van der Waals surface area contributed by atoms with Crippen LogP contribution in [0.1, 0.15) is 39.5 Å². The fourth-order valence-electron chi connectivity index (χ4n) is 1.60. The van der Waals surface area contributed by atoms with Gasteiger partial charge in [0.05, 0.1) is 5.84 Å². The van der Waals surface area contributed by atoms with Gasteiger partial charge < -0.3 is 5.73 Å². The fraction of sp³-hybridized carbons (Fsp3) is 0.909. The summed E-state index contributed by atoms with van der Waals surface area (Å²) in [5, 5.41) is 7.22. The van der Waals surface area contributed by atoms with Crippen LogP contribution >= 0.6 is 0 Å². The molecule has 1 aliphatic carbocycles. The lowest BCUT2D eigenvalue weighted by Crippen LogP contribution is -2.31. The van der Waals surface area contributed by atoms with Crippen molar-refractivity contribution < 1.29 is 0 Å². The van der Waals surface area contributed by atoms with Crippen molar-refractivity contribution in [3.8, 4) is 0 Å². The Morgan fingerprint density at radius 1 is 1.43 bits per heavy atom. The van der Waals surface area contributed by atoms with Crippen molar-refractivity contribution in [1.29, 1.82) is 5.41 Å². The molecule has 0 spiro atoms. The van der Waals surface area contributed by atoms with E-state index in [1.54, 1.807) is 0 Å². The SMILES string of the molecule is CC(C)CCN(CCC(=N)N)C1CC1. The molecular formula is C11H23N3. The molecule has 1 fully saturated rings. The zero-order valence-corrected chi connectivity index (χ0v) is 9.42. The molecule has 0 heterocycles. The van der Waals surface area contributed by atoms with Crippen molar-refractivity contribution in [2.75, 3.05) is 13.1 Å². The first-order chi connectivity index (χ1) is 6.59. The van der Waals surface area contributed by atoms with E-state index in [0.717, 1.165) is 24.9 Å². The number of amidine groups is 1. The van der Waals surface area contributed by atoms with Crippen LogP contribution in [0.3, 0.4) is 0 Å². The largest absolute Gasteiger partial charge is 0.388 e. The van der Waals surface area contributed by atoms with Gasteiger partial charge in [0.2, 0.25) is 0 Å². The monoisotopic (exact) mass is 197 g/mol. The molecule has 0 saturated heterocycles. The Balaban J connectivity index is 2.20. The van der Waals surface area contributed by atoms with E-state index in [0.29, 0.717) is 5.84 Å². The molecule has 0 aliphatic heterocycles. The standard InChI is InChI=1S/C11H23N3/c1-9(2)5-7-14(10-3-4-10)8-6-11(12)13/h9-10H,3-8H2,1-2H3,(H3,12,13). The molecule has 0 atom stereocenters. The third-order valence-electron chi connectivity index (χ3n) is 2.73. The highest BCUT2D eigenvalue weighted by Crippen LogP contribution is 2.27. The van der Waals surface area contributed by atoms with Crippen LogP contribution in [0, 0.1) is 11.3 Å². The summed E-state index contributed by atoms with van der Waals surface area (Å²) < 4.78 is 0. The topological polar surface area (TPSA) is 53.1 Å². The zero-order chi connectivity index (χ0) is 10.6. The average Bonchev–Trinajstić information content (AvgIpc) is 2.86. The smallest absolute Gasteiger partial charge is 0.0918 e. The van der Waals surface area contributed by atoms with Gasteiger partial charge in [-0.05, 0) is 31.7 Å². The predicted molar refractivity (Wildman–Crippen MR) is 60.6 cm³/mol. The molecule has 0 aromatic rings. The molecule has 0 bridgehead atoms. The number of rotatable bonds is 7. The molecule has 14 heavy (non-hydrogen) atoms. The van der Waals surface area contributed by atoms with E-state index < -0.39 is 0 Å². The molecule has 0 radical (unpaired) electrons. The summed E-state index contributed by atoms with van der Waals surface area (Å²) in [6.45, 7) is 6.68. The third kappa shape index (κ3) is 4.61. The van der Waals surface area contributed by atoms with Gasteiger partial charge >= 0.3 is 0 Å². The molecule has 1 saturated carbocycles. The van der Waals surface area contributed by atoms with E-state index in [2.05, 4.69) is 18.7 Å². The van der Waals surface area contributed by atoms with Crippen LogP contribution in [0.2, 0.25) is 0 Å². The highest BCUT2D eigenvalue weighted by atomic mass is 15.2. The minimum absolute atomic E-state index is 0.320. The highest BCUT2D eigenvalue weighted by molar-refractivity contribution is 5.76. The first kappa shape index (κ1) is 11.5. The van der Waals surface area contributed by atoms with Gasteiger partial charge in [-0.3, -0.25) is 10.3 Å². The van der Waals surface area contributed by atoms with Crippen LogP contribution in [0.5, 0.6) is 0 Å². The third-order valence-corrected chi connectivity index (χ3v) is 2.73. The number of nitrogens with two attached hydrogens (primary N) is 1.